The molecule has 0 aromatic heterocycles. The molecule has 7 rings (SSSR count). The highest BCUT2D eigenvalue weighted by Crippen LogP contribution is 2.49. The number of hydrogen-bond donors (Lipinski definition) is 0. The molecular weight excluding hydrogens is 553 g/mol. The summed E-state index contributed by atoms with van der Waals surface area (Å²) in [4.78, 5) is 0. The Hall–Kier alpha value is -5.46. The highest BCUT2D eigenvalue weighted by molar-refractivity contribution is 6.27. The molecule has 0 amide bonds. The third-order valence-electron chi connectivity index (χ3n) is 8.77. The van der Waals surface area contributed by atoms with E-state index in [1.54, 1.807) is 0 Å². The van der Waals surface area contributed by atoms with Crippen LogP contribution in [0.1, 0.15) is 30.5 Å². The van der Waals surface area contributed by atoms with Gasteiger partial charge in [-0.25, -0.2) is 0 Å². The van der Waals surface area contributed by atoms with Gasteiger partial charge in [-0.1, -0.05) is 177 Å². The second kappa shape index (κ2) is 13.7. The molecule has 0 bridgehead atoms. The Morgan fingerprint density at radius 3 is 1.35 bits per heavy atom. The molecule has 224 valence electrons. The molecule has 0 N–H and O–H groups in total. The van der Waals surface area contributed by atoms with Crippen molar-refractivity contribution in [3.05, 3.63) is 187 Å². The molecule has 6 aromatic carbocycles. The van der Waals surface area contributed by atoms with E-state index in [1.807, 2.05) is 0 Å². The van der Waals surface area contributed by atoms with E-state index in [4.69, 9.17) is 0 Å². The van der Waals surface area contributed by atoms with Crippen LogP contribution < -0.4 is 0 Å². The Balaban J connectivity index is 0.00000372. The summed E-state index contributed by atoms with van der Waals surface area (Å²) >= 11 is 0. The summed E-state index contributed by atoms with van der Waals surface area (Å²) in [7, 11) is 0. The van der Waals surface area contributed by atoms with E-state index in [2.05, 4.69) is 184 Å². The molecule has 0 nitrogen and oxygen atoms in total. The predicted octanol–water partition coefficient (Wildman–Crippen LogP) is 13.3. The van der Waals surface area contributed by atoms with Crippen molar-refractivity contribution >= 4 is 27.1 Å². The number of aryl methyl sites for hydroxylation is 2. The lowest BCUT2D eigenvalue weighted by atomic mass is 9.80. The second-order valence-corrected chi connectivity index (χ2v) is 11.7. The van der Waals surface area contributed by atoms with Gasteiger partial charge in [-0.3, -0.25) is 0 Å². The zero-order valence-electron chi connectivity index (χ0n) is 25.9. The Labute approximate surface area is 274 Å². The van der Waals surface area contributed by atoms with Crippen LogP contribution in [0.4, 0.5) is 0 Å². The minimum absolute atomic E-state index is 0. The third kappa shape index (κ3) is 5.71. The fourth-order valence-electron chi connectivity index (χ4n) is 6.80. The van der Waals surface area contributed by atoms with Gasteiger partial charge in [0.1, 0.15) is 0 Å². The molecule has 0 atom stereocenters. The van der Waals surface area contributed by atoms with Crippen molar-refractivity contribution in [3.8, 4) is 33.4 Å². The molecule has 6 aromatic rings. The summed E-state index contributed by atoms with van der Waals surface area (Å²) in [6, 6.07) is 50.7. The minimum atomic E-state index is 0. The standard InChI is InChI=1S/C45H36.CH4/c1-32-20-16-17-21-33(2)41(35-24-10-5-11-25-35)45-43(37-28-14-7-15-29-37)39-31-19-18-30-38(39)42(36-26-12-6-13-27-36)44(45)40(32)34-22-8-3-4-9-23-34;/h3,5-31H,4H2,1-2H3;1H4. The lowest BCUT2D eigenvalue weighted by Crippen LogP contribution is -1.97. The molecule has 0 heteroatoms. The highest BCUT2D eigenvalue weighted by atomic mass is 14.3. The van der Waals surface area contributed by atoms with Crippen molar-refractivity contribution in [2.24, 2.45) is 0 Å². The molecule has 0 fully saturated rings. The molecule has 0 radical (unpaired) electrons. The number of fused-ring (bicyclic) bond motifs is 2. The number of hydrogen-bond acceptors (Lipinski definition) is 0. The first kappa shape index (κ1) is 30.6. The van der Waals surface area contributed by atoms with Crippen LogP contribution >= 0.6 is 0 Å². The Bertz CT molecular complexity index is 2160. The van der Waals surface area contributed by atoms with E-state index >= 15 is 0 Å². The fraction of sp³-hybridized carbons (Fsp3) is 0.0870. The van der Waals surface area contributed by atoms with Gasteiger partial charge < -0.3 is 0 Å². The van der Waals surface area contributed by atoms with Crippen LogP contribution in [-0.2, 0) is 0 Å². The largest absolute Gasteiger partial charge is 0.0807 e. The molecule has 0 unspecified atom stereocenters. The van der Waals surface area contributed by atoms with Crippen LogP contribution in [-0.4, -0.2) is 0 Å². The predicted molar refractivity (Wildman–Crippen MR) is 202 cm³/mol. The fourth-order valence-corrected chi connectivity index (χ4v) is 6.80. The lowest BCUT2D eigenvalue weighted by Gasteiger charge is -2.23. The quantitative estimate of drug-likeness (QED) is 0.191. The second-order valence-electron chi connectivity index (χ2n) is 11.7. The van der Waals surface area contributed by atoms with Gasteiger partial charge in [-0.05, 0) is 97.5 Å². The Morgan fingerprint density at radius 2 is 0.826 bits per heavy atom. The molecule has 0 saturated heterocycles. The minimum Gasteiger partial charge on any atom is -0.0807 e. The van der Waals surface area contributed by atoms with Gasteiger partial charge in [0.2, 0.25) is 0 Å². The van der Waals surface area contributed by atoms with Crippen molar-refractivity contribution in [1.29, 1.82) is 0 Å². The van der Waals surface area contributed by atoms with Crippen LogP contribution in [0.15, 0.2) is 170 Å². The summed E-state index contributed by atoms with van der Waals surface area (Å²) < 4.78 is 0. The zero-order valence-corrected chi connectivity index (χ0v) is 25.9. The number of benzene rings is 5. The zero-order chi connectivity index (χ0) is 30.6. The van der Waals surface area contributed by atoms with Gasteiger partial charge in [0.05, 0.1) is 0 Å². The average molecular weight is 593 g/mol. The van der Waals surface area contributed by atoms with Crippen molar-refractivity contribution in [2.45, 2.75) is 27.7 Å². The van der Waals surface area contributed by atoms with Crippen LogP contribution in [0.3, 0.4) is 0 Å². The van der Waals surface area contributed by atoms with E-state index < -0.39 is 0 Å². The first-order valence-corrected chi connectivity index (χ1v) is 15.8. The molecule has 0 aliphatic heterocycles. The van der Waals surface area contributed by atoms with Crippen LogP contribution in [0.25, 0.3) is 60.5 Å². The monoisotopic (exact) mass is 592 g/mol. The SMILES string of the molecule is C.Cc1ccccc(C)c(-c2ccccc2)c2c(-c3ccccc3)c3ccccc3c(-c3ccccc3)c2c1C1=CC=CCC=C1. The van der Waals surface area contributed by atoms with Gasteiger partial charge in [-0.2, -0.15) is 0 Å². The molecule has 0 saturated carbocycles. The van der Waals surface area contributed by atoms with Crippen LogP contribution in [0.2, 0.25) is 0 Å². The molecule has 0 heterocycles. The summed E-state index contributed by atoms with van der Waals surface area (Å²) in [5, 5.41) is 5.03. The summed E-state index contributed by atoms with van der Waals surface area (Å²) in [5.41, 5.74) is 12.3. The smallest absolute Gasteiger partial charge is 0.000510 e. The van der Waals surface area contributed by atoms with Gasteiger partial charge in [0.15, 0.2) is 0 Å². The molecule has 1 aliphatic carbocycles. The maximum Gasteiger partial charge on any atom is -0.000510 e. The lowest BCUT2D eigenvalue weighted by molar-refractivity contribution is 1.40. The topological polar surface area (TPSA) is 0 Å². The summed E-state index contributed by atoms with van der Waals surface area (Å²) in [5.74, 6) is 0. The van der Waals surface area contributed by atoms with E-state index in [-0.39, 0.29) is 7.43 Å². The average Bonchev–Trinajstić information content (AvgIpc) is 3.37. The number of allylic oxidation sites excluding steroid dienone is 6. The molecule has 1 aliphatic rings. The Kier molecular flexibility index (Phi) is 9.08. The van der Waals surface area contributed by atoms with Crippen LogP contribution in [0.5, 0.6) is 0 Å². The van der Waals surface area contributed by atoms with Crippen molar-refractivity contribution in [1.82, 2.24) is 0 Å². The Morgan fingerprint density at radius 1 is 0.413 bits per heavy atom. The molecule has 0 spiro atoms. The van der Waals surface area contributed by atoms with E-state index in [0.29, 0.717) is 0 Å². The van der Waals surface area contributed by atoms with Gasteiger partial charge in [0.25, 0.3) is 0 Å². The van der Waals surface area contributed by atoms with Gasteiger partial charge >= 0.3 is 0 Å². The van der Waals surface area contributed by atoms with Crippen molar-refractivity contribution < 1.29 is 0 Å². The molecule has 46 heavy (non-hydrogen) atoms. The van der Waals surface area contributed by atoms with Crippen molar-refractivity contribution in [3.63, 3.8) is 0 Å². The molecular formula is C46H40. The summed E-state index contributed by atoms with van der Waals surface area (Å²) in [6.45, 7) is 4.52. The van der Waals surface area contributed by atoms with E-state index in [0.717, 1.165) is 6.42 Å². The summed E-state index contributed by atoms with van der Waals surface area (Å²) in [6.07, 6.45) is 12.2. The highest BCUT2D eigenvalue weighted by Gasteiger charge is 2.23. The van der Waals surface area contributed by atoms with Crippen molar-refractivity contribution in [2.75, 3.05) is 0 Å². The third-order valence-corrected chi connectivity index (χ3v) is 8.77. The maximum atomic E-state index is 2.31. The number of rotatable bonds is 4. The first-order valence-electron chi connectivity index (χ1n) is 15.8. The first-order chi connectivity index (χ1) is 22.2. The normalized spacial score (nSPS) is 12.3. The van der Waals surface area contributed by atoms with E-state index in [1.165, 1.54) is 77.2 Å². The van der Waals surface area contributed by atoms with Gasteiger partial charge in [0, 0.05) is 0 Å². The van der Waals surface area contributed by atoms with Gasteiger partial charge in [-0.15, -0.1) is 0 Å². The van der Waals surface area contributed by atoms with E-state index in [9.17, 15) is 0 Å². The van der Waals surface area contributed by atoms with Crippen LogP contribution in [0, 0.1) is 13.8 Å². The maximum absolute atomic E-state index is 2.31.